The molecule has 0 bridgehead atoms. The average molecular weight is 226 g/mol. The standard InChI is InChI=1S/C9H12ClN5/c10-3-1-2-4-11-8-7-9(13-5-12-7)15-6-14-8/h5-6H,1-4H2,(H2,11,12,13,14,15). The first-order chi connectivity index (χ1) is 7.42. The van der Waals surface area contributed by atoms with Crippen LogP contribution >= 0.6 is 11.6 Å². The summed E-state index contributed by atoms with van der Waals surface area (Å²) in [6.45, 7) is 0.859. The third-order valence-corrected chi connectivity index (χ3v) is 2.34. The fourth-order valence-corrected chi connectivity index (χ4v) is 1.51. The first-order valence-electron chi connectivity index (χ1n) is 4.85. The monoisotopic (exact) mass is 225 g/mol. The van der Waals surface area contributed by atoms with Crippen molar-refractivity contribution < 1.29 is 0 Å². The first-order valence-corrected chi connectivity index (χ1v) is 5.39. The predicted molar refractivity (Wildman–Crippen MR) is 60.1 cm³/mol. The van der Waals surface area contributed by atoms with Crippen LogP contribution in [0.1, 0.15) is 12.8 Å². The minimum absolute atomic E-state index is 0.685. The highest BCUT2D eigenvalue weighted by Crippen LogP contribution is 2.14. The molecular formula is C9H12ClN5. The smallest absolute Gasteiger partial charge is 0.182 e. The highest BCUT2D eigenvalue weighted by atomic mass is 35.5. The van der Waals surface area contributed by atoms with Gasteiger partial charge in [0.25, 0.3) is 0 Å². The second kappa shape index (κ2) is 4.93. The Kier molecular flexibility index (Phi) is 3.34. The van der Waals surface area contributed by atoms with E-state index in [0.717, 1.165) is 30.7 Å². The van der Waals surface area contributed by atoms with Crippen molar-refractivity contribution in [3.8, 4) is 0 Å². The van der Waals surface area contributed by atoms with Gasteiger partial charge >= 0.3 is 0 Å². The van der Waals surface area contributed by atoms with E-state index >= 15 is 0 Å². The third kappa shape index (κ3) is 2.36. The van der Waals surface area contributed by atoms with E-state index in [0.29, 0.717) is 11.5 Å². The van der Waals surface area contributed by atoms with Gasteiger partial charge in [-0.05, 0) is 12.8 Å². The second-order valence-electron chi connectivity index (χ2n) is 3.15. The number of imidazole rings is 1. The Morgan fingerprint density at radius 2 is 2.20 bits per heavy atom. The fourth-order valence-electron chi connectivity index (χ4n) is 1.33. The molecule has 0 saturated heterocycles. The number of hydrogen-bond acceptors (Lipinski definition) is 4. The van der Waals surface area contributed by atoms with Crippen LogP contribution < -0.4 is 5.32 Å². The van der Waals surface area contributed by atoms with Crippen molar-refractivity contribution in [2.45, 2.75) is 12.8 Å². The maximum absolute atomic E-state index is 5.59. The van der Waals surface area contributed by atoms with E-state index in [9.17, 15) is 0 Å². The number of halogens is 1. The van der Waals surface area contributed by atoms with Crippen LogP contribution in [0.15, 0.2) is 12.7 Å². The van der Waals surface area contributed by atoms with Gasteiger partial charge in [-0.3, -0.25) is 0 Å². The zero-order valence-corrected chi connectivity index (χ0v) is 8.96. The summed E-state index contributed by atoms with van der Waals surface area (Å²) in [6.07, 6.45) is 5.16. The van der Waals surface area contributed by atoms with Gasteiger partial charge in [-0.2, -0.15) is 0 Å². The quantitative estimate of drug-likeness (QED) is 0.601. The number of unbranched alkanes of at least 4 members (excludes halogenated alkanes) is 1. The molecule has 0 aliphatic carbocycles. The lowest BCUT2D eigenvalue weighted by molar-refractivity contribution is 0.836. The average Bonchev–Trinajstić information content (AvgIpc) is 2.73. The van der Waals surface area contributed by atoms with Crippen LogP contribution in [0.5, 0.6) is 0 Å². The van der Waals surface area contributed by atoms with Gasteiger partial charge in [-0.1, -0.05) is 0 Å². The van der Waals surface area contributed by atoms with Crippen molar-refractivity contribution in [3.63, 3.8) is 0 Å². The van der Waals surface area contributed by atoms with E-state index in [2.05, 4.69) is 25.3 Å². The maximum Gasteiger partial charge on any atom is 0.182 e. The lowest BCUT2D eigenvalue weighted by Gasteiger charge is -2.04. The molecule has 0 aliphatic rings. The summed E-state index contributed by atoms with van der Waals surface area (Å²) >= 11 is 5.59. The third-order valence-electron chi connectivity index (χ3n) is 2.08. The number of fused-ring (bicyclic) bond motifs is 1. The van der Waals surface area contributed by atoms with Gasteiger partial charge in [0, 0.05) is 12.4 Å². The number of H-pyrrole nitrogens is 1. The number of hydrogen-bond donors (Lipinski definition) is 2. The van der Waals surface area contributed by atoms with Crippen molar-refractivity contribution in [3.05, 3.63) is 12.7 Å². The summed E-state index contributed by atoms with van der Waals surface area (Å²) in [7, 11) is 0. The summed E-state index contributed by atoms with van der Waals surface area (Å²) in [5, 5.41) is 3.23. The molecule has 6 heteroatoms. The number of nitrogens with one attached hydrogen (secondary N) is 2. The molecule has 0 unspecified atom stereocenters. The van der Waals surface area contributed by atoms with Crippen molar-refractivity contribution in [1.29, 1.82) is 0 Å². The van der Waals surface area contributed by atoms with Gasteiger partial charge in [0.2, 0.25) is 0 Å². The molecule has 0 saturated carbocycles. The van der Waals surface area contributed by atoms with E-state index in [-0.39, 0.29) is 0 Å². The fraction of sp³-hybridized carbons (Fsp3) is 0.444. The van der Waals surface area contributed by atoms with Crippen LogP contribution in [0.25, 0.3) is 11.2 Å². The van der Waals surface area contributed by atoms with E-state index in [1.165, 1.54) is 6.33 Å². The molecule has 2 aromatic rings. The SMILES string of the molecule is ClCCCCNc1ncnc2nc[nH]c12. The Balaban J connectivity index is 2.04. The summed E-state index contributed by atoms with van der Waals surface area (Å²) < 4.78 is 0. The van der Waals surface area contributed by atoms with E-state index in [1.807, 2.05) is 0 Å². The highest BCUT2D eigenvalue weighted by molar-refractivity contribution is 6.17. The van der Waals surface area contributed by atoms with Crippen LogP contribution in [-0.4, -0.2) is 32.4 Å². The molecule has 2 rings (SSSR count). The lowest BCUT2D eigenvalue weighted by atomic mass is 10.3. The maximum atomic E-state index is 5.59. The number of aromatic nitrogens is 4. The molecule has 2 N–H and O–H groups in total. The molecule has 0 aliphatic heterocycles. The van der Waals surface area contributed by atoms with E-state index in [4.69, 9.17) is 11.6 Å². The molecule has 5 nitrogen and oxygen atoms in total. The van der Waals surface area contributed by atoms with Gasteiger partial charge in [-0.25, -0.2) is 15.0 Å². The number of anilines is 1. The Morgan fingerprint density at radius 3 is 3.07 bits per heavy atom. The largest absolute Gasteiger partial charge is 0.368 e. The number of rotatable bonds is 5. The Morgan fingerprint density at radius 1 is 1.27 bits per heavy atom. The molecule has 2 heterocycles. The summed E-state index contributed by atoms with van der Waals surface area (Å²) in [5.41, 5.74) is 1.54. The minimum Gasteiger partial charge on any atom is -0.368 e. The lowest BCUT2D eigenvalue weighted by Crippen LogP contribution is -2.04. The zero-order valence-electron chi connectivity index (χ0n) is 8.20. The Hall–Kier alpha value is -1.36. The Bertz CT molecular complexity index is 427. The molecule has 0 amide bonds. The van der Waals surface area contributed by atoms with Crippen LogP contribution in [0.3, 0.4) is 0 Å². The molecule has 0 atom stereocenters. The molecule has 0 radical (unpaired) electrons. The summed E-state index contributed by atoms with van der Waals surface area (Å²) in [5.74, 6) is 1.50. The van der Waals surface area contributed by atoms with Crippen LogP contribution in [0.2, 0.25) is 0 Å². The zero-order chi connectivity index (χ0) is 10.5. The van der Waals surface area contributed by atoms with E-state index in [1.54, 1.807) is 6.33 Å². The number of aromatic amines is 1. The number of nitrogens with zero attached hydrogens (tertiary/aromatic N) is 3. The predicted octanol–water partition coefficient (Wildman–Crippen LogP) is 1.78. The topological polar surface area (TPSA) is 66.5 Å². The second-order valence-corrected chi connectivity index (χ2v) is 3.52. The molecule has 0 spiro atoms. The molecule has 80 valence electrons. The van der Waals surface area contributed by atoms with Crippen molar-refractivity contribution in [1.82, 2.24) is 19.9 Å². The molecule has 2 aromatic heterocycles. The Labute approximate surface area is 92.3 Å². The van der Waals surface area contributed by atoms with Gasteiger partial charge in [0.05, 0.1) is 6.33 Å². The van der Waals surface area contributed by atoms with Crippen LogP contribution in [0.4, 0.5) is 5.82 Å². The van der Waals surface area contributed by atoms with Gasteiger partial charge in [-0.15, -0.1) is 11.6 Å². The van der Waals surface area contributed by atoms with Crippen molar-refractivity contribution in [2.24, 2.45) is 0 Å². The number of alkyl halides is 1. The highest BCUT2D eigenvalue weighted by Gasteiger charge is 2.03. The van der Waals surface area contributed by atoms with Crippen LogP contribution in [0, 0.1) is 0 Å². The minimum atomic E-state index is 0.685. The van der Waals surface area contributed by atoms with Gasteiger partial charge < -0.3 is 10.3 Å². The molecule has 15 heavy (non-hydrogen) atoms. The summed E-state index contributed by atoms with van der Waals surface area (Å²) in [4.78, 5) is 15.2. The normalized spacial score (nSPS) is 10.7. The molecular weight excluding hydrogens is 214 g/mol. The summed E-state index contributed by atoms with van der Waals surface area (Å²) in [6, 6.07) is 0. The van der Waals surface area contributed by atoms with Crippen LogP contribution in [-0.2, 0) is 0 Å². The molecule has 0 aromatic carbocycles. The van der Waals surface area contributed by atoms with Gasteiger partial charge in [0.1, 0.15) is 11.8 Å². The van der Waals surface area contributed by atoms with Gasteiger partial charge in [0.15, 0.2) is 11.5 Å². The molecule has 0 fully saturated rings. The van der Waals surface area contributed by atoms with E-state index < -0.39 is 0 Å². The van der Waals surface area contributed by atoms with Crippen molar-refractivity contribution in [2.75, 3.05) is 17.7 Å². The first kappa shape index (κ1) is 10.2. The van der Waals surface area contributed by atoms with Crippen molar-refractivity contribution >= 4 is 28.6 Å².